The highest BCUT2D eigenvalue weighted by molar-refractivity contribution is 7.98. The van der Waals surface area contributed by atoms with Gasteiger partial charge in [0.1, 0.15) is 21.4 Å². The Bertz CT molecular complexity index is 1080. The number of hydrogen-bond acceptors (Lipinski definition) is 11. The molecule has 0 aliphatic heterocycles. The quantitative estimate of drug-likeness (QED) is 0.385. The summed E-state index contributed by atoms with van der Waals surface area (Å²) in [5.41, 5.74) is 6.38. The van der Waals surface area contributed by atoms with Crippen LogP contribution in [0.3, 0.4) is 0 Å². The van der Waals surface area contributed by atoms with Crippen LogP contribution in [0.4, 0.5) is 9.39 Å². The second kappa shape index (κ2) is 9.79. The maximum absolute atomic E-state index is 13.0. The Kier molecular flexibility index (Phi) is 7.13. The van der Waals surface area contributed by atoms with Crippen LogP contribution in [0.1, 0.15) is 44.5 Å². The molecule has 1 atom stereocenters. The molecule has 0 fully saturated rings. The molecular weight excluding hydrogens is 449 g/mol. The Morgan fingerprint density at radius 2 is 1.87 bits per heavy atom. The first-order valence-corrected chi connectivity index (χ1v) is 10.6. The van der Waals surface area contributed by atoms with Crippen LogP contribution in [0.25, 0.3) is 0 Å². The largest absolute Gasteiger partial charge is 0.481 e. The summed E-state index contributed by atoms with van der Waals surface area (Å²) in [4.78, 5) is 24.4. The molecule has 0 bridgehead atoms. The Morgan fingerprint density at radius 1 is 1.19 bits per heavy atom. The Hall–Kier alpha value is -3.12. The first kappa shape index (κ1) is 22.6. The van der Waals surface area contributed by atoms with Crippen molar-refractivity contribution >= 4 is 40.0 Å². The number of esters is 2. The third-order valence-corrected chi connectivity index (χ3v) is 5.92. The molecule has 164 valence electrons. The Labute approximate surface area is 184 Å². The smallest absolute Gasteiger partial charge is 0.348 e. The van der Waals surface area contributed by atoms with Gasteiger partial charge in [0.15, 0.2) is 6.10 Å². The number of carbonyl (C=O) groups excluding carboxylic acids is 2. The van der Waals surface area contributed by atoms with Crippen molar-refractivity contribution in [2.24, 2.45) is 0 Å². The van der Waals surface area contributed by atoms with E-state index in [2.05, 4.69) is 10.2 Å². The molecule has 0 saturated carbocycles. The van der Waals surface area contributed by atoms with Gasteiger partial charge in [0.05, 0.1) is 19.8 Å². The summed E-state index contributed by atoms with van der Waals surface area (Å²) in [6.07, 6.45) is -0.583. The van der Waals surface area contributed by atoms with Gasteiger partial charge in [-0.2, -0.15) is 0 Å². The van der Waals surface area contributed by atoms with Gasteiger partial charge in [-0.05, 0) is 31.2 Å². The highest BCUT2D eigenvalue weighted by Crippen LogP contribution is 2.36. The zero-order chi connectivity index (χ0) is 22.5. The molecule has 0 amide bonds. The molecule has 0 aliphatic rings. The number of methoxy groups -OCH3 is 2. The molecule has 2 aromatic heterocycles. The standard InChI is InChI=1S/C19H18FN3O6S2/c1-9(28-11-6-4-10(20)5-7-11)16-22-23-19(29-16)30-8-12-13(17(24)26-2)15(21)31-14(12)18(25)27-3/h4-7,9H,8,21H2,1-3H3. The minimum atomic E-state index is -0.660. The predicted octanol–water partition coefficient (Wildman–Crippen LogP) is 3.86. The lowest BCUT2D eigenvalue weighted by atomic mass is 10.1. The molecule has 2 N–H and O–H groups in total. The van der Waals surface area contributed by atoms with Crippen molar-refractivity contribution in [3.8, 4) is 5.75 Å². The SMILES string of the molecule is COC(=O)c1sc(N)c(C(=O)OC)c1CSc1nnc(C(C)Oc2ccc(F)cc2)o1. The minimum absolute atomic E-state index is 0.105. The van der Waals surface area contributed by atoms with Crippen molar-refractivity contribution in [2.75, 3.05) is 20.0 Å². The van der Waals surface area contributed by atoms with E-state index in [-0.39, 0.29) is 38.1 Å². The first-order valence-electron chi connectivity index (χ1n) is 8.80. The van der Waals surface area contributed by atoms with Crippen LogP contribution in [0, 0.1) is 5.82 Å². The number of aromatic nitrogens is 2. The third kappa shape index (κ3) is 5.14. The Balaban J connectivity index is 1.75. The lowest BCUT2D eigenvalue weighted by Gasteiger charge is -2.10. The fraction of sp³-hybridized carbons (Fsp3) is 0.263. The normalized spacial score (nSPS) is 11.7. The highest BCUT2D eigenvalue weighted by Gasteiger charge is 2.28. The maximum atomic E-state index is 13.0. The van der Waals surface area contributed by atoms with Gasteiger partial charge in [0, 0.05) is 11.3 Å². The summed E-state index contributed by atoms with van der Waals surface area (Å²) < 4.78 is 33.8. The van der Waals surface area contributed by atoms with Crippen LogP contribution in [0.15, 0.2) is 33.9 Å². The number of nitrogens with two attached hydrogens (primary N) is 1. The molecule has 3 aromatic rings. The number of rotatable bonds is 8. The van der Waals surface area contributed by atoms with Crippen molar-refractivity contribution in [1.29, 1.82) is 0 Å². The van der Waals surface area contributed by atoms with Crippen LogP contribution in [0.2, 0.25) is 0 Å². The molecule has 2 heterocycles. The van der Waals surface area contributed by atoms with E-state index < -0.39 is 18.0 Å². The number of thioether (sulfide) groups is 1. The van der Waals surface area contributed by atoms with Gasteiger partial charge in [-0.1, -0.05) is 11.8 Å². The number of benzene rings is 1. The van der Waals surface area contributed by atoms with Gasteiger partial charge in [-0.25, -0.2) is 14.0 Å². The molecule has 1 unspecified atom stereocenters. The van der Waals surface area contributed by atoms with E-state index in [1.165, 1.54) is 38.5 Å². The molecule has 9 nitrogen and oxygen atoms in total. The zero-order valence-electron chi connectivity index (χ0n) is 16.7. The fourth-order valence-electron chi connectivity index (χ4n) is 2.55. The molecule has 3 rings (SSSR count). The average Bonchev–Trinajstić information content (AvgIpc) is 3.37. The van der Waals surface area contributed by atoms with Crippen LogP contribution in [0.5, 0.6) is 5.75 Å². The summed E-state index contributed by atoms with van der Waals surface area (Å²) in [6.45, 7) is 1.70. The number of halogens is 1. The topological polar surface area (TPSA) is 127 Å². The lowest BCUT2D eigenvalue weighted by Crippen LogP contribution is -2.08. The van der Waals surface area contributed by atoms with Gasteiger partial charge in [-0.3, -0.25) is 0 Å². The van der Waals surface area contributed by atoms with Crippen molar-refractivity contribution in [1.82, 2.24) is 10.2 Å². The molecular formula is C19H18FN3O6S2. The second-order valence-electron chi connectivity index (χ2n) is 6.04. The van der Waals surface area contributed by atoms with Crippen LogP contribution >= 0.6 is 23.1 Å². The number of anilines is 1. The number of thiophene rings is 1. The van der Waals surface area contributed by atoms with Gasteiger partial charge in [-0.15, -0.1) is 21.5 Å². The monoisotopic (exact) mass is 467 g/mol. The van der Waals surface area contributed by atoms with E-state index in [9.17, 15) is 14.0 Å². The third-order valence-electron chi connectivity index (χ3n) is 4.03. The average molecular weight is 468 g/mol. The lowest BCUT2D eigenvalue weighted by molar-refractivity contribution is 0.0601. The molecule has 31 heavy (non-hydrogen) atoms. The summed E-state index contributed by atoms with van der Waals surface area (Å²) >= 11 is 2.05. The number of nitrogens with zero attached hydrogens (tertiary/aromatic N) is 2. The van der Waals surface area contributed by atoms with E-state index in [0.717, 1.165) is 23.1 Å². The Morgan fingerprint density at radius 3 is 2.52 bits per heavy atom. The second-order valence-corrected chi connectivity index (χ2v) is 8.02. The summed E-state index contributed by atoms with van der Waals surface area (Å²) in [5, 5.41) is 8.25. The van der Waals surface area contributed by atoms with Crippen LogP contribution < -0.4 is 10.5 Å². The number of nitrogen functional groups attached to an aromatic ring is 1. The van der Waals surface area contributed by atoms with E-state index in [1.807, 2.05) is 0 Å². The van der Waals surface area contributed by atoms with Crippen LogP contribution in [-0.2, 0) is 15.2 Å². The number of carbonyl (C=O) groups is 2. The molecule has 0 saturated heterocycles. The molecule has 0 aliphatic carbocycles. The molecule has 0 spiro atoms. The molecule has 1 aromatic carbocycles. The van der Waals surface area contributed by atoms with Crippen molar-refractivity contribution < 1.29 is 32.6 Å². The van der Waals surface area contributed by atoms with E-state index >= 15 is 0 Å². The predicted molar refractivity (Wildman–Crippen MR) is 111 cm³/mol. The van der Waals surface area contributed by atoms with Gasteiger partial charge < -0.3 is 24.4 Å². The summed E-state index contributed by atoms with van der Waals surface area (Å²) in [5.74, 6) is -0.860. The maximum Gasteiger partial charge on any atom is 0.348 e. The molecule has 0 radical (unpaired) electrons. The van der Waals surface area contributed by atoms with Crippen LogP contribution in [-0.4, -0.2) is 36.4 Å². The highest BCUT2D eigenvalue weighted by atomic mass is 32.2. The molecule has 12 heteroatoms. The van der Waals surface area contributed by atoms with Gasteiger partial charge >= 0.3 is 11.9 Å². The van der Waals surface area contributed by atoms with E-state index in [0.29, 0.717) is 11.3 Å². The summed E-state index contributed by atoms with van der Waals surface area (Å²) in [6, 6.07) is 5.53. The number of ether oxygens (including phenoxy) is 3. The first-order chi connectivity index (χ1) is 14.8. The fourth-order valence-corrected chi connectivity index (χ4v) is 4.43. The van der Waals surface area contributed by atoms with Crippen molar-refractivity contribution in [2.45, 2.75) is 24.0 Å². The van der Waals surface area contributed by atoms with E-state index in [1.54, 1.807) is 6.92 Å². The van der Waals surface area contributed by atoms with Gasteiger partial charge in [0.2, 0.25) is 0 Å². The van der Waals surface area contributed by atoms with Crippen molar-refractivity contribution in [3.05, 3.63) is 52.0 Å². The number of hydrogen-bond donors (Lipinski definition) is 1. The van der Waals surface area contributed by atoms with E-state index in [4.69, 9.17) is 24.4 Å². The minimum Gasteiger partial charge on any atom is -0.481 e. The van der Waals surface area contributed by atoms with Crippen molar-refractivity contribution in [3.63, 3.8) is 0 Å². The summed E-state index contributed by atoms with van der Waals surface area (Å²) in [7, 11) is 2.46. The zero-order valence-corrected chi connectivity index (χ0v) is 18.3. The van der Waals surface area contributed by atoms with Gasteiger partial charge in [0.25, 0.3) is 11.1 Å².